The fourth-order valence-electron chi connectivity index (χ4n) is 2.85. The highest BCUT2D eigenvalue weighted by Crippen LogP contribution is 2.21. The second-order valence-corrected chi connectivity index (χ2v) is 5.79. The number of hydrogen-bond donors (Lipinski definition) is 0. The first-order valence-electron chi connectivity index (χ1n) is 7.84. The van der Waals surface area contributed by atoms with Crippen LogP contribution in [0.3, 0.4) is 0 Å². The summed E-state index contributed by atoms with van der Waals surface area (Å²) in [5, 5.41) is 0. The van der Waals surface area contributed by atoms with E-state index in [0.29, 0.717) is 6.54 Å². The van der Waals surface area contributed by atoms with Crippen molar-refractivity contribution in [3.05, 3.63) is 46.4 Å². The van der Waals surface area contributed by atoms with E-state index in [-0.39, 0.29) is 5.76 Å². The summed E-state index contributed by atoms with van der Waals surface area (Å²) in [5.74, 6) is 1.51. The third kappa shape index (κ3) is 3.27. The van der Waals surface area contributed by atoms with Crippen LogP contribution in [0, 0.1) is 6.92 Å². The number of carbonyl (C=O) groups excluding carboxylic acids is 1. The van der Waals surface area contributed by atoms with Crippen molar-refractivity contribution in [3.8, 4) is 0 Å². The van der Waals surface area contributed by atoms with Gasteiger partial charge in [-0.05, 0) is 25.0 Å². The number of ether oxygens (including phenoxy) is 1. The zero-order chi connectivity index (χ0) is 16.4. The van der Waals surface area contributed by atoms with Crippen molar-refractivity contribution < 1.29 is 13.9 Å². The van der Waals surface area contributed by atoms with Gasteiger partial charge in [0.25, 0.3) is 0 Å². The first-order valence-corrected chi connectivity index (χ1v) is 7.84. The van der Waals surface area contributed by atoms with Crippen LogP contribution >= 0.6 is 0 Å². The van der Waals surface area contributed by atoms with Crippen LogP contribution in [-0.4, -0.2) is 34.5 Å². The number of aryl methyl sites for hydroxylation is 2. The van der Waals surface area contributed by atoms with Crippen molar-refractivity contribution in [2.45, 2.75) is 39.8 Å². The van der Waals surface area contributed by atoms with E-state index in [1.165, 1.54) is 12.7 Å². The Morgan fingerprint density at radius 1 is 1.48 bits per heavy atom. The van der Waals surface area contributed by atoms with Crippen LogP contribution in [0.15, 0.2) is 16.7 Å². The molecule has 0 fully saturated rings. The molecule has 122 valence electrons. The molecule has 1 aliphatic rings. The Kier molecular flexibility index (Phi) is 4.43. The van der Waals surface area contributed by atoms with Crippen LogP contribution in [0.4, 0.5) is 0 Å². The molecule has 0 amide bonds. The third-order valence-corrected chi connectivity index (χ3v) is 4.11. The van der Waals surface area contributed by atoms with Crippen molar-refractivity contribution in [3.63, 3.8) is 0 Å². The van der Waals surface area contributed by atoms with Gasteiger partial charge in [-0.1, -0.05) is 6.92 Å². The van der Waals surface area contributed by atoms with Crippen LogP contribution in [0.1, 0.15) is 45.9 Å². The molecule has 0 bridgehead atoms. The smallest absolute Gasteiger partial charge is 0.374 e. The van der Waals surface area contributed by atoms with Crippen LogP contribution < -0.4 is 0 Å². The third-order valence-electron chi connectivity index (χ3n) is 4.11. The Morgan fingerprint density at radius 2 is 2.30 bits per heavy atom. The minimum absolute atomic E-state index is 0.288. The lowest BCUT2D eigenvalue weighted by atomic mass is 10.1. The van der Waals surface area contributed by atoms with E-state index in [0.717, 1.165) is 48.8 Å². The van der Waals surface area contributed by atoms with Gasteiger partial charge in [0.05, 0.1) is 19.3 Å². The number of carbonyl (C=O) groups is 1. The molecule has 2 aromatic rings. The predicted octanol–water partition coefficient (Wildman–Crippen LogP) is 2.29. The molecule has 0 spiro atoms. The van der Waals surface area contributed by atoms with Gasteiger partial charge in [0.2, 0.25) is 5.76 Å². The van der Waals surface area contributed by atoms with Crippen molar-refractivity contribution in [2.75, 3.05) is 13.7 Å². The van der Waals surface area contributed by atoms with Crippen molar-refractivity contribution in [1.29, 1.82) is 0 Å². The zero-order valence-electron chi connectivity index (χ0n) is 13.8. The molecule has 0 atom stereocenters. The first-order chi connectivity index (χ1) is 11.1. The van der Waals surface area contributed by atoms with Crippen LogP contribution in [0.2, 0.25) is 0 Å². The summed E-state index contributed by atoms with van der Waals surface area (Å²) in [6.07, 6.45) is 3.72. The minimum atomic E-state index is -0.432. The lowest BCUT2D eigenvalue weighted by molar-refractivity contribution is 0.0559. The van der Waals surface area contributed by atoms with Crippen molar-refractivity contribution in [2.24, 2.45) is 0 Å². The van der Waals surface area contributed by atoms with Gasteiger partial charge in [0, 0.05) is 31.3 Å². The summed E-state index contributed by atoms with van der Waals surface area (Å²) in [4.78, 5) is 22.9. The molecule has 23 heavy (non-hydrogen) atoms. The van der Waals surface area contributed by atoms with Crippen LogP contribution in [-0.2, 0) is 30.7 Å². The van der Waals surface area contributed by atoms with Gasteiger partial charge in [0.1, 0.15) is 11.6 Å². The molecule has 1 aliphatic heterocycles. The van der Waals surface area contributed by atoms with Crippen molar-refractivity contribution >= 4 is 5.97 Å². The van der Waals surface area contributed by atoms with E-state index in [1.54, 1.807) is 0 Å². The van der Waals surface area contributed by atoms with Gasteiger partial charge < -0.3 is 9.15 Å². The average Bonchev–Trinajstić information content (AvgIpc) is 2.93. The molecule has 0 N–H and O–H groups in total. The molecular weight excluding hydrogens is 294 g/mol. The monoisotopic (exact) mass is 315 g/mol. The van der Waals surface area contributed by atoms with E-state index in [1.807, 2.05) is 19.2 Å². The molecule has 0 saturated heterocycles. The number of hydrogen-bond acceptors (Lipinski definition) is 6. The maximum absolute atomic E-state index is 11.6. The van der Waals surface area contributed by atoms with E-state index in [9.17, 15) is 4.79 Å². The number of rotatable bonds is 4. The number of furan rings is 1. The highest BCUT2D eigenvalue weighted by Gasteiger charge is 2.21. The van der Waals surface area contributed by atoms with E-state index in [2.05, 4.69) is 21.8 Å². The summed E-state index contributed by atoms with van der Waals surface area (Å²) in [6.45, 7) is 6.27. The quantitative estimate of drug-likeness (QED) is 0.806. The predicted molar refractivity (Wildman–Crippen MR) is 84.0 cm³/mol. The minimum Gasteiger partial charge on any atom is -0.463 e. The lowest BCUT2D eigenvalue weighted by Crippen LogP contribution is -2.31. The fraction of sp³-hybridized carbons (Fsp3) is 0.471. The van der Waals surface area contributed by atoms with Gasteiger partial charge in [-0.15, -0.1) is 0 Å². The molecule has 0 aromatic carbocycles. The summed E-state index contributed by atoms with van der Waals surface area (Å²) in [6, 6.07) is 1.90. The van der Waals surface area contributed by atoms with Gasteiger partial charge in [0.15, 0.2) is 0 Å². The molecule has 0 radical (unpaired) electrons. The number of esters is 1. The van der Waals surface area contributed by atoms with Crippen LogP contribution in [0.5, 0.6) is 0 Å². The highest BCUT2D eigenvalue weighted by molar-refractivity contribution is 5.87. The second-order valence-electron chi connectivity index (χ2n) is 5.79. The molecule has 0 aliphatic carbocycles. The topological polar surface area (TPSA) is 68.5 Å². The Morgan fingerprint density at radius 3 is 3.04 bits per heavy atom. The number of aromatic nitrogens is 2. The molecule has 3 heterocycles. The Hall–Kier alpha value is -2.21. The zero-order valence-corrected chi connectivity index (χ0v) is 13.8. The molecule has 0 unspecified atom stereocenters. The van der Waals surface area contributed by atoms with Crippen molar-refractivity contribution in [1.82, 2.24) is 14.9 Å². The summed E-state index contributed by atoms with van der Waals surface area (Å²) in [7, 11) is 1.36. The maximum atomic E-state index is 11.6. The molecule has 2 aromatic heterocycles. The Balaban J connectivity index is 1.73. The standard InChI is InChI=1S/C17H21N3O3/c1-4-15-18-8-12-5-6-20(10-14(12)19-15)9-13-7-11(2)16(23-13)17(21)22-3/h7-8H,4-6,9-10H2,1-3H3. The molecule has 6 nitrogen and oxygen atoms in total. The molecular formula is C17H21N3O3. The van der Waals surface area contributed by atoms with Crippen LogP contribution in [0.25, 0.3) is 0 Å². The van der Waals surface area contributed by atoms with E-state index >= 15 is 0 Å². The summed E-state index contributed by atoms with van der Waals surface area (Å²) < 4.78 is 10.4. The van der Waals surface area contributed by atoms with Gasteiger partial charge in [-0.25, -0.2) is 14.8 Å². The molecule has 0 saturated carbocycles. The van der Waals surface area contributed by atoms with E-state index in [4.69, 9.17) is 9.15 Å². The molecule has 3 rings (SSSR count). The largest absolute Gasteiger partial charge is 0.463 e. The lowest BCUT2D eigenvalue weighted by Gasteiger charge is -2.27. The van der Waals surface area contributed by atoms with E-state index < -0.39 is 5.97 Å². The molecule has 6 heteroatoms. The first kappa shape index (κ1) is 15.7. The maximum Gasteiger partial charge on any atom is 0.374 e. The average molecular weight is 315 g/mol. The van der Waals surface area contributed by atoms with Gasteiger partial charge >= 0.3 is 5.97 Å². The van der Waals surface area contributed by atoms with Gasteiger partial charge in [-0.3, -0.25) is 4.90 Å². The highest BCUT2D eigenvalue weighted by atomic mass is 16.5. The normalized spacial score (nSPS) is 14.6. The Bertz CT molecular complexity index is 724. The SMILES string of the molecule is CCc1ncc2c(n1)CN(Cc1cc(C)c(C(=O)OC)o1)CC2. The summed E-state index contributed by atoms with van der Waals surface area (Å²) in [5.41, 5.74) is 3.13. The second kappa shape index (κ2) is 6.50. The Labute approximate surface area is 135 Å². The number of methoxy groups -OCH3 is 1. The van der Waals surface area contributed by atoms with Gasteiger partial charge in [-0.2, -0.15) is 0 Å². The number of nitrogens with zero attached hydrogens (tertiary/aromatic N) is 3. The summed E-state index contributed by atoms with van der Waals surface area (Å²) >= 11 is 0. The fourth-order valence-corrected chi connectivity index (χ4v) is 2.85. The number of fused-ring (bicyclic) bond motifs is 1.